The second-order valence-corrected chi connectivity index (χ2v) is 8.93. The van der Waals surface area contributed by atoms with Gasteiger partial charge in [-0.3, -0.25) is 4.79 Å². The molecule has 1 heterocycles. The molecule has 2 aromatic rings. The lowest BCUT2D eigenvalue weighted by Crippen LogP contribution is -2.32. The fraction of sp³-hybridized carbons (Fsp3) is 0.381. The topological polar surface area (TPSA) is 84.9 Å². The van der Waals surface area contributed by atoms with E-state index in [9.17, 15) is 13.2 Å². The molecule has 0 atom stereocenters. The first-order chi connectivity index (χ1) is 13.8. The highest BCUT2D eigenvalue weighted by Gasteiger charge is 2.26. The number of sulfonamides is 1. The first-order valence-corrected chi connectivity index (χ1v) is 10.9. The number of ether oxygens (including phenoxy) is 2. The number of fused-ring (bicyclic) bond motifs is 1. The van der Waals surface area contributed by atoms with Gasteiger partial charge in [-0.25, -0.2) is 13.1 Å². The van der Waals surface area contributed by atoms with E-state index in [0.717, 1.165) is 23.2 Å². The fourth-order valence-electron chi connectivity index (χ4n) is 3.36. The largest absolute Gasteiger partial charge is 0.497 e. The van der Waals surface area contributed by atoms with Crippen LogP contribution in [0.4, 0.5) is 5.69 Å². The van der Waals surface area contributed by atoms with Gasteiger partial charge in [0.2, 0.25) is 15.9 Å². The summed E-state index contributed by atoms with van der Waals surface area (Å²) in [6, 6.07) is 10.3. The van der Waals surface area contributed by atoms with Crippen LogP contribution in [0.1, 0.15) is 25.0 Å². The molecule has 0 unspecified atom stereocenters. The first kappa shape index (κ1) is 21.1. The zero-order chi connectivity index (χ0) is 21.2. The molecule has 156 valence electrons. The van der Waals surface area contributed by atoms with E-state index < -0.39 is 10.0 Å². The summed E-state index contributed by atoms with van der Waals surface area (Å²) in [5.41, 5.74) is 2.78. The Hall–Kier alpha value is -2.58. The summed E-state index contributed by atoms with van der Waals surface area (Å²) in [5, 5.41) is 0. The van der Waals surface area contributed by atoms with E-state index in [4.69, 9.17) is 9.47 Å². The molecule has 0 saturated carbocycles. The molecule has 0 saturated heterocycles. The molecule has 8 heteroatoms. The van der Waals surface area contributed by atoms with Crippen LogP contribution >= 0.6 is 0 Å². The Balaban J connectivity index is 1.78. The summed E-state index contributed by atoms with van der Waals surface area (Å²) >= 11 is 0. The van der Waals surface area contributed by atoms with Crippen molar-refractivity contribution in [2.75, 3.05) is 25.7 Å². The maximum absolute atomic E-state index is 12.8. The number of anilines is 1. The van der Waals surface area contributed by atoms with Crippen LogP contribution in [0.3, 0.4) is 0 Å². The van der Waals surface area contributed by atoms with Crippen molar-refractivity contribution < 1.29 is 22.7 Å². The highest BCUT2D eigenvalue weighted by molar-refractivity contribution is 7.89. The number of carbonyl (C=O) groups is 1. The van der Waals surface area contributed by atoms with E-state index in [1.165, 1.54) is 20.3 Å². The molecule has 3 rings (SSSR count). The summed E-state index contributed by atoms with van der Waals surface area (Å²) in [6.07, 6.45) is 0.762. The van der Waals surface area contributed by atoms with E-state index in [2.05, 4.69) is 4.72 Å². The van der Waals surface area contributed by atoms with Gasteiger partial charge in [-0.15, -0.1) is 0 Å². The van der Waals surface area contributed by atoms with E-state index in [1.54, 1.807) is 17.0 Å². The molecule has 1 aliphatic heterocycles. The summed E-state index contributed by atoms with van der Waals surface area (Å²) in [4.78, 5) is 14.2. The number of rotatable bonds is 7. The van der Waals surface area contributed by atoms with Crippen molar-refractivity contribution in [1.82, 2.24) is 4.72 Å². The number of nitrogens with one attached hydrogen (secondary N) is 1. The maximum atomic E-state index is 12.8. The van der Waals surface area contributed by atoms with E-state index in [0.29, 0.717) is 12.3 Å². The van der Waals surface area contributed by atoms with Crippen molar-refractivity contribution in [3.8, 4) is 11.5 Å². The van der Waals surface area contributed by atoms with Gasteiger partial charge in [0.25, 0.3) is 0 Å². The van der Waals surface area contributed by atoms with Crippen molar-refractivity contribution in [1.29, 1.82) is 0 Å². The molecule has 0 radical (unpaired) electrons. The second-order valence-electron chi connectivity index (χ2n) is 7.20. The summed E-state index contributed by atoms with van der Waals surface area (Å²) < 4.78 is 38.5. The molecule has 2 aromatic carbocycles. The molecule has 7 nitrogen and oxygen atoms in total. The molecule has 1 aliphatic rings. The monoisotopic (exact) mass is 418 g/mol. The van der Waals surface area contributed by atoms with Crippen LogP contribution in [0.25, 0.3) is 0 Å². The van der Waals surface area contributed by atoms with Gasteiger partial charge >= 0.3 is 0 Å². The zero-order valence-corrected chi connectivity index (χ0v) is 17.9. The van der Waals surface area contributed by atoms with E-state index in [-0.39, 0.29) is 29.0 Å². The van der Waals surface area contributed by atoms with Crippen molar-refractivity contribution in [3.05, 3.63) is 47.5 Å². The highest BCUT2D eigenvalue weighted by atomic mass is 32.2. The molecule has 29 heavy (non-hydrogen) atoms. The fourth-order valence-corrected chi connectivity index (χ4v) is 4.56. The van der Waals surface area contributed by atoms with Crippen molar-refractivity contribution in [2.24, 2.45) is 5.92 Å². The van der Waals surface area contributed by atoms with E-state index in [1.807, 2.05) is 32.0 Å². The molecule has 0 aromatic heterocycles. The molecule has 0 fully saturated rings. The lowest BCUT2D eigenvalue weighted by atomic mass is 10.1. The smallest absolute Gasteiger partial charge is 0.244 e. The van der Waals surface area contributed by atoms with Crippen LogP contribution in [-0.4, -0.2) is 35.1 Å². The standard InChI is InChI=1S/C21H26N2O5S/c1-14(2)21(24)23-10-9-16-11-15(5-7-18(16)23)13-22-29(25,26)20-12-17(27-3)6-8-19(20)28-4/h5-8,11-12,14,22H,9-10,13H2,1-4H3. The van der Waals surface area contributed by atoms with Gasteiger partial charge in [-0.05, 0) is 35.7 Å². The predicted octanol–water partition coefficient (Wildman–Crippen LogP) is 2.73. The van der Waals surface area contributed by atoms with Crippen molar-refractivity contribution in [3.63, 3.8) is 0 Å². The average Bonchev–Trinajstić information content (AvgIpc) is 3.14. The summed E-state index contributed by atoms with van der Waals surface area (Å²) in [6.45, 7) is 4.56. The van der Waals surface area contributed by atoms with Gasteiger partial charge in [-0.1, -0.05) is 26.0 Å². The number of amides is 1. The van der Waals surface area contributed by atoms with Crippen LogP contribution in [0.15, 0.2) is 41.3 Å². The minimum atomic E-state index is -3.80. The highest BCUT2D eigenvalue weighted by Crippen LogP contribution is 2.31. The van der Waals surface area contributed by atoms with Gasteiger partial charge in [0.1, 0.15) is 16.4 Å². The number of methoxy groups -OCH3 is 2. The minimum absolute atomic E-state index is 0.0224. The third kappa shape index (κ3) is 4.38. The Morgan fingerprint density at radius 2 is 1.90 bits per heavy atom. The Morgan fingerprint density at radius 1 is 1.14 bits per heavy atom. The number of nitrogens with zero attached hydrogens (tertiary/aromatic N) is 1. The van der Waals surface area contributed by atoms with Gasteiger partial charge in [0, 0.05) is 30.8 Å². The predicted molar refractivity (Wildman–Crippen MR) is 111 cm³/mol. The lowest BCUT2D eigenvalue weighted by molar-refractivity contribution is -0.121. The Kier molecular flexibility index (Phi) is 6.14. The van der Waals surface area contributed by atoms with Crippen LogP contribution in [-0.2, 0) is 27.8 Å². The minimum Gasteiger partial charge on any atom is -0.497 e. The Morgan fingerprint density at radius 3 is 2.55 bits per heavy atom. The normalized spacial score (nSPS) is 13.5. The van der Waals surface area contributed by atoms with Gasteiger partial charge in [-0.2, -0.15) is 0 Å². The Bertz CT molecular complexity index is 1020. The SMILES string of the molecule is COc1ccc(OC)c(S(=O)(=O)NCc2ccc3c(c2)CCN3C(=O)C(C)C)c1. The third-order valence-electron chi connectivity index (χ3n) is 4.93. The molecule has 0 bridgehead atoms. The molecule has 0 spiro atoms. The number of hydrogen-bond acceptors (Lipinski definition) is 5. The Labute approximate surface area is 171 Å². The lowest BCUT2D eigenvalue weighted by Gasteiger charge is -2.19. The molecule has 1 amide bonds. The van der Waals surface area contributed by atoms with Gasteiger partial charge in [0.05, 0.1) is 14.2 Å². The number of hydrogen-bond donors (Lipinski definition) is 1. The molecule has 1 N–H and O–H groups in total. The zero-order valence-electron chi connectivity index (χ0n) is 17.1. The van der Waals surface area contributed by atoms with Crippen LogP contribution in [0.2, 0.25) is 0 Å². The maximum Gasteiger partial charge on any atom is 0.244 e. The molecular weight excluding hydrogens is 392 g/mol. The van der Waals surface area contributed by atoms with Crippen molar-refractivity contribution >= 4 is 21.6 Å². The van der Waals surface area contributed by atoms with Gasteiger partial charge < -0.3 is 14.4 Å². The third-order valence-corrected chi connectivity index (χ3v) is 6.35. The average molecular weight is 419 g/mol. The summed E-state index contributed by atoms with van der Waals surface area (Å²) in [5.74, 6) is 0.710. The molecule has 0 aliphatic carbocycles. The summed E-state index contributed by atoms with van der Waals surface area (Å²) in [7, 11) is -0.905. The second kappa shape index (κ2) is 8.42. The first-order valence-electron chi connectivity index (χ1n) is 9.41. The van der Waals surface area contributed by atoms with Crippen LogP contribution in [0.5, 0.6) is 11.5 Å². The quantitative estimate of drug-likeness (QED) is 0.747. The number of carbonyl (C=O) groups excluding carboxylic acids is 1. The number of benzene rings is 2. The van der Waals surface area contributed by atoms with Crippen LogP contribution < -0.4 is 19.1 Å². The van der Waals surface area contributed by atoms with Crippen LogP contribution in [0, 0.1) is 5.92 Å². The van der Waals surface area contributed by atoms with Gasteiger partial charge in [0.15, 0.2) is 0 Å². The molecular formula is C21H26N2O5S. The van der Waals surface area contributed by atoms with Crippen molar-refractivity contribution in [2.45, 2.75) is 31.7 Å². The van der Waals surface area contributed by atoms with E-state index >= 15 is 0 Å².